The summed E-state index contributed by atoms with van der Waals surface area (Å²) < 4.78 is 18.4. The fourth-order valence-corrected chi connectivity index (χ4v) is 1.61. The van der Waals surface area contributed by atoms with Gasteiger partial charge in [0.25, 0.3) is 0 Å². The third kappa shape index (κ3) is 5.70. The largest absolute Gasteiger partial charge is 0.375 e. The summed E-state index contributed by atoms with van der Waals surface area (Å²) in [5, 5.41) is 5.49. The van der Waals surface area contributed by atoms with E-state index < -0.39 is 0 Å². The molecule has 0 aromatic heterocycles. The molecule has 1 rings (SSSR count). The second-order valence-electron chi connectivity index (χ2n) is 5.36. The fourth-order valence-electron chi connectivity index (χ4n) is 1.61. The number of methoxy groups -OCH3 is 1. The van der Waals surface area contributed by atoms with E-state index >= 15 is 0 Å². The summed E-state index contributed by atoms with van der Waals surface area (Å²) >= 11 is 0. The van der Waals surface area contributed by atoms with Crippen molar-refractivity contribution < 1.29 is 13.9 Å². The number of rotatable bonds is 4. The second kappa shape index (κ2) is 6.52. The van der Waals surface area contributed by atoms with Crippen LogP contribution in [0.4, 0.5) is 9.18 Å². The Morgan fingerprint density at radius 3 is 2.63 bits per heavy atom. The fraction of sp³-hybridized carbons (Fsp3) is 0.500. The molecule has 2 N–H and O–H groups in total. The van der Waals surface area contributed by atoms with Gasteiger partial charge < -0.3 is 15.4 Å². The molecule has 0 aliphatic rings. The SMILES string of the molecule is COC(CNC(=O)NC(C)(C)C)c1cccc(F)c1. The zero-order valence-corrected chi connectivity index (χ0v) is 11.8. The minimum Gasteiger partial charge on any atom is -0.375 e. The van der Waals surface area contributed by atoms with Crippen molar-refractivity contribution >= 4 is 6.03 Å². The van der Waals surface area contributed by atoms with E-state index in [0.717, 1.165) is 0 Å². The Morgan fingerprint density at radius 1 is 1.42 bits per heavy atom. The van der Waals surface area contributed by atoms with Gasteiger partial charge in [0.2, 0.25) is 0 Å². The topological polar surface area (TPSA) is 50.4 Å². The highest BCUT2D eigenvalue weighted by Crippen LogP contribution is 2.16. The van der Waals surface area contributed by atoms with Gasteiger partial charge in [-0.15, -0.1) is 0 Å². The lowest BCUT2D eigenvalue weighted by molar-refractivity contribution is 0.103. The van der Waals surface area contributed by atoms with Crippen molar-refractivity contribution in [2.45, 2.75) is 32.4 Å². The van der Waals surface area contributed by atoms with Crippen molar-refractivity contribution in [2.24, 2.45) is 0 Å². The molecule has 106 valence electrons. The van der Waals surface area contributed by atoms with Crippen molar-refractivity contribution in [2.75, 3.05) is 13.7 Å². The molecular weight excluding hydrogens is 247 g/mol. The van der Waals surface area contributed by atoms with Crippen LogP contribution in [0.3, 0.4) is 0 Å². The lowest BCUT2D eigenvalue weighted by atomic mass is 10.1. The molecule has 0 radical (unpaired) electrons. The van der Waals surface area contributed by atoms with E-state index in [1.54, 1.807) is 12.1 Å². The summed E-state index contributed by atoms with van der Waals surface area (Å²) in [5.74, 6) is -0.321. The van der Waals surface area contributed by atoms with Gasteiger partial charge in [0.15, 0.2) is 0 Å². The highest BCUT2D eigenvalue weighted by molar-refractivity contribution is 5.74. The number of carbonyl (C=O) groups is 1. The van der Waals surface area contributed by atoms with Crippen LogP contribution in [0.2, 0.25) is 0 Å². The summed E-state index contributed by atoms with van der Waals surface area (Å²) in [6.45, 7) is 5.97. The maximum atomic E-state index is 13.1. The van der Waals surface area contributed by atoms with E-state index in [1.807, 2.05) is 20.8 Å². The van der Waals surface area contributed by atoms with Gasteiger partial charge in [-0.25, -0.2) is 9.18 Å². The first kappa shape index (κ1) is 15.4. The zero-order valence-electron chi connectivity index (χ0n) is 11.8. The molecule has 0 saturated heterocycles. The second-order valence-corrected chi connectivity index (χ2v) is 5.36. The van der Waals surface area contributed by atoms with Gasteiger partial charge in [-0.2, -0.15) is 0 Å². The van der Waals surface area contributed by atoms with Crippen LogP contribution >= 0.6 is 0 Å². The monoisotopic (exact) mass is 268 g/mol. The summed E-state index contributed by atoms with van der Waals surface area (Å²) in [6.07, 6.45) is -0.374. The molecule has 0 heterocycles. The quantitative estimate of drug-likeness (QED) is 0.882. The molecule has 1 aromatic carbocycles. The van der Waals surface area contributed by atoms with E-state index in [0.29, 0.717) is 5.56 Å². The number of hydrogen-bond acceptors (Lipinski definition) is 2. The Balaban J connectivity index is 2.56. The van der Waals surface area contributed by atoms with Crippen LogP contribution < -0.4 is 10.6 Å². The number of halogens is 1. The first-order chi connectivity index (χ1) is 8.81. The molecule has 0 saturated carbocycles. The normalized spacial score (nSPS) is 12.9. The van der Waals surface area contributed by atoms with Crippen LogP contribution in [0.5, 0.6) is 0 Å². The molecular formula is C14H21FN2O2. The number of carbonyl (C=O) groups excluding carboxylic acids is 1. The predicted molar refractivity (Wildman–Crippen MR) is 72.4 cm³/mol. The number of amides is 2. The molecule has 19 heavy (non-hydrogen) atoms. The van der Waals surface area contributed by atoms with Gasteiger partial charge >= 0.3 is 6.03 Å². The molecule has 1 aromatic rings. The average molecular weight is 268 g/mol. The maximum Gasteiger partial charge on any atom is 0.315 e. The van der Waals surface area contributed by atoms with Crippen LogP contribution in [-0.2, 0) is 4.74 Å². The molecule has 0 fully saturated rings. The summed E-state index contributed by atoms with van der Waals surface area (Å²) in [4.78, 5) is 11.6. The standard InChI is InChI=1S/C14H21FN2O2/c1-14(2,3)17-13(18)16-9-12(19-4)10-6-5-7-11(15)8-10/h5-8,12H,9H2,1-4H3,(H2,16,17,18). The van der Waals surface area contributed by atoms with Crippen LogP contribution in [0, 0.1) is 5.82 Å². The van der Waals surface area contributed by atoms with Crippen molar-refractivity contribution in [3.05, 3.63) is 35.6 Å². The van der Waals surface area contributed by atoms with Gasteiger partial charge in [-0.05, 0) is 38.5 Å². The van der Waals surface area contributed by atoms with Crippen LogP contribution in [-0.4, -0.2) is 25.2 Å². The molecule has 4 nitrogen and oxygen atoms in total. The Kier molecular flexibility index (Phi) is 5.30. The molecule has 0 aliphatic carbocycles. The van der Waals surface area contributed by atoms with Gasteiger partial charge in [0.1, 0.15) is 5.82 Å². The van der Waals surface area contributed by atoms with Crippen molar-refractivity contribution in [3.8, 4) is 0 Å². The van der Waals surface area contributed by atoms with Crippen molar-refractivity contribution in [1.82, 2.24) is 10.6 Å². The molecule has 0 bridgehead atoms. The van der Waals surface area contributed by atoms with E-state index in [1.165, 1.54) is 19.2 Å². The van der Waals surface area contributed by atoms with Gasteiger partial charge in [0, 0.05) is 19.2 Å². The highest BCUT2D eigenvalue weighted by Gasteiger charge is 2.16. The number of ether oxygens (including phenoxy) is 1. The number of urea groups is 1. The molecule has 5 heteroatoms. The van der Waals surface area contributed by atoms with Crippen molar-refractivity contribution in [1.29, 1.82) is 0 Å². The predicted octanol–water partition coefficient (Wildman–Crippen LogP) is 2.61. The van der Waals surface area contributed by atoms with E-state index in [9.17, 15) is 9.18 Å². The summed E-state index contributed by atoms with van der Waals surface area (Å²) in [5.41, 5.74) is 0.393. The molecule has 1 unspecified atom stereocenters. The third-order valence-corrected chi connectivity index (χ3v) is 2.44. The zero-order chi connectivity index (χ0) is 14.5. The maximum absolute atomic E-state index is 13.1. The van der Waals surface area contributed by atoms with Gasteiger partial charge in [0.05, 0.1) is 6.10 Å². The van der Waals surface area contributed by atoms with Crippen molar-refractivity contribution in [3.63, 3.8) is 0 Å². The van der Waals surface area contributed by atoms with E-state index in [2.05, 4.69) is 10.6 Å². The Labute approximate surface area is 113 Å². The average Bonchev–Trinajstić information content (AvgIpc) is 2.27. The Bertz CT molecular complexity index is 430. The van der Waals surface area contributed by atoms with Crippen LogP contribution in [0.15, 0.2) is 24.3 Å². The smallest absolute Gasteiger partial charge is 0.315 e. The van der Waals surface area contributed by atoms with Crippen LogP contribution in [0.25, 0.3) is 0 Å². The lowest BCUT2D eigenvalue weighted by Crippen LogP contribution is -2.47. The summed E-state index contributed by atoms with van der Waals surface area (Å²) in [6, 6.07) is 5.88. The van der Waals surface area contributed by atoms with E-state index in [-0.39, 0.29) is 30.0 Å². The Hall–Kier alpha value is -1.62. The third-order valence-electron chi connectivity index (χ3n) is 2.44. The lowest BCUT2D eigenvalue weighted by Gasteiger charge is -2.22. The number of hydrogen-bond donors (Lipinski definition) is 2. The molecule has 2 amide bonds. The first-order valence-electron chi connectivity index (χ1n) is 6.16. The molecule has 1 atom stereocenters. The number of benzene rings is 1. The minimum absolute atomic E-state index is 0.272. The molecule has 0 spiro atoms. The molecule has 0 aliphatic heterocycles. The minimum atomic E-state index is -0.374. The number of nitrogens with one attached hydrogen (secondary N) is 2. The van der Waals surface area contributed by atoms with Crippen LogP contribution in [0.1, 0.15) is 32.4 Å². The Morgan fingerprint density at radius 2 is 2.11 bits per heavy atom. The van der Waals surface area contributed by atoms with Gasteiger partial charge in [-0.1, -0.05) is 12.1 Å². The summed E-state index contributed by atoms with van der Waals surface area (Å²) in [7, 11) is 1.53. The first-order valence-corrected chi connectivity index (χ1v) is 6.16. The van der Waals surface area contributed by atoms with Gasteiger partial charge in [-0.3, -0.25) is 0 Å². The highest BCUT2D eigenvalue weighted by atomic mass is 19.1. The van der Waals surface area contributed by atoms with E-state index in [4.69, 9.17) is 4.74 Å².